The SMILES string of the molecule is CC#CCCn1ccnc1CO. The Kier molecular flexibility index (Phi) is 3.36. The summed E-state index contributed by atoms with van der Waals surface area (Å²) >= 11 is 0. The highest BCUT2D eigenvalue weighted by Crippen LogP contribution is 1.98. The van der Waals surface area contributed by atoms with Crippen LogP contribution >= 0.6 is 0 Å². The van der Waals surface area contributed by atoms with Gasteiger partial charge in [-0.05, 0) is 6.92 Å². The lowest BCUT2D eigenvalue weighted by atomic mass is 10.4. The zero-order chi connectivity index (χ0) is 8.81. The largest absolute Gasteiger partial charge is 0.388 e. The predicted molar refractivity (Wildman–Crippen MR) is 46.2 cm³/mol. The standard InChI is InChI=1S/C9H12N2O/c1-2-3-4-6-11-7-5-10-9(11)8-12/h5,7,12H,4,6,8H2,1H3. The molecule has 0 saturated heterocycles. The molecule has 1 rings (SSSR count). The minimum Gasteiger partial charge on any atom is -0.388 e. The number of hydrogen-bond donors (Lipinski definition) is 1. The second kappa shape index (κ2) is 4.58. The van der Waals surface area contributed by atoms with Crippen LogP contribution in [0.15, 0.2) is 12.4 Å². The molecular weight excluding hydrogens is 152 g/mol. The molecule has 0 aliphatic heterocycles. The number of aromatic nitrogens is 2. The summed E-state index contributed by atoms with van der Waals surface area (Å²) in [5.74, 6) is 6.48. The van der Waals surface area contributed by atoms with E-state index in [1.54, 1.807) is 6.20 Å². The van der Waals surface area contributed by atoms with Crippen LogP contribution in [-0.2, 0) is 13.2 Å². The Morgan fingerprint density at radius 2 is 2.50 bits per heavy atom. The van der Waals surface area contributed by atoms with Crippen molar-refractivity contribution in [1.82, 2.24) is 9.55 Å². The summed E-state index contributed by atoms with van der Waals surface area (Å²) in [5, 5.41) is 8.84. The third-order valence-corrected chi connectivity index (χ3v) is 1.60. The maximum absolute atomic E-state index is 8.84. The fourth-order valence-corrected chi connectivity index (χ4v) is 0.997. The van der Waals surface area contributed by atoms with E-state index in [1.807, 2.05) is 17.7 Å². The van der Waals surface area contributed by atoms with Gasteiger partial charge < -0.3 is 9.67 Å². The Labute approximate surface area is 72.1 Å². The van der Waals surface area contributed by atoms with Gasteiger partial charge in [0.15, 0.2) is 0 Å². The molecule has 3 heteroatoms. The van der Waals surface area contributed by atoms with Crippen LogP contribution in [0.4, 0.5) is 0 Å². The Morgan fingerprint density at radius 1 is 1.67 bits per heavy atom. The summed E-state index contributed by atoms with van der Waals surface area (Å²) in [6.45, 7) is 2.62. The van der Waals surface area contributed by atoms with Crippen LogP contribution in [-0.4, -0.2) is 14.7 Å². The van der Waals surface area contributed by atoms with Crippen molar-refractivity contribution >= 4 is 0 Å². The van der Waals surface area contributed by atoms with Gasteiger partial charge in [0.2, 0.25) is 0 Å². The maximum Gasteiger partial charge on any atom is 0.134 e. The van der Waals surface area contributed by atoms with Gasteiger partial charge in [-0.25, -0.2) is 4.98 Å². The first kappa shape index (κ1) is 8.82. The van der Waals surface area contributed by atoms with Crippen molar-refractivity contribution in [2.24, 2.45) is 0 Å². The maximum atomic E-state index is 8.84. The molecular formula is C9H12N2O. The molecule has 0 saturated carbocycles. The van der Waals surface area contributed by atoms with Gasteiger partial charge in [-0.1, -0.05) is 0 Å². The molecule has 1 aromatic heterocycles. The molecule has 0 aliphatic rings. The third kappa shape index (κ3) is 2.11. The first-order valence-corrected chi connectivity index (χ1v) is 3.89. The normalized spacial score (nSPS) is 9.17. The second-order valence-electron chi connectivity index (χ2n) is 2.37. The van der Waals surface area contributed by atoms with E-state index in [0.29, 0.717) is 5.82 Å². The molecule has 0 unspecified atom stereocenters. The van der Waals surface area contributed by atoms with Gasteiger partial charge in [0.05, 0.1) is 0 Å². The van der Waals surface area contributed by atoms with Crippen LogP contribution in [0.2, 0.25) is 0 Å². The lowest BCUT2D eigenvalue weighted by molar-refractivity contribution is 0.265. The first-order chi connectivity index (χ1) is 5.88. The predicted octanol–water partition coefficient (Wildman–Crippen LogP) is 0.789. The van der Waals surface area contributed by atoms with Crippen LogP contribution in [0.1, 0.15) is 19.2 Å². The third-order valence-electron chi connectivity index (χ3n) is 1.60. The van der Waals surface area contributed by atoms with Gasteiger partial charge in [-0.2, -0.15) is 0 Å². The van der Waals surface area contributed by atoms with Crippen LogP contribution in [0.3, 0.4) is 0 Å². The van der Waals surface area contributed by atoms with Crippen molar-refractivity contribution in [3.8, 4) is 11.8 Å². The number of hydrogen-bond acceptors (Lipinski definition) is 2. The van der Waals surface area contributed by atoms with Crippen LogP contribution < -0.4 is 0 Å². The van der Waals surface area contributed by atoms with E-state index in [0.717, 1.165) is 13.0 Å². The van der Waals surface area contributed by atoms with Crippen LogP contribution in [0.5, 0.6) is 0 Å². The van der Waals surface area contributed by atoms with E-state index < -0.39 is 0 Å². The monoisotopic (exact) mass is 164 g/mol. The Hall–Kier alpha value is -1.27. The lowest BCUT2D eigenvalue weighted by Crippen LogP contribution is -2.02. The fourth-order valence-electron chi connectivity index (χ4n) is 0.997. The van der Waals surface area contributed by atoms with E-state index in [4.69, 9.17) is 5.11 Å². The molecule has 64 valence electrons. The number of nitrogens with zero attached hydrogens (tertiary/aromatic N) is 2. The molecule has 1 N–H and O–H groups in total. The Morgan fingerprint density at radius 3 is 3.17 bits per heavy atom. The summed E-state index contributed by atoms with van der Waals surface area (Å²) in [6.07, 6.45) is 4.34. The van der Waals surface area contributed by atoms with E-state index in [2.05, 4.69) is 16.8 Å². The van der Waals surface area contributed by atoms with Gasteiger partial charge in [0, 0.05) is 25.4 Å². The van der Waals surface area contributed by atoms with Gasteiger partial charge in [-0.15, -0.1) is 11.8 Å². The minimum atomic E-state index is -0.00739. The van der Waals surface area contributed by atoms with Crippen molar-refractivity contribution in [3.63, 3.8) is 0 Å². The highest BCUT2D eigenvalue weighted by molar-refractivity contribution is 4.97. The number of aryl methyl sites for hydroxylation is 1. The van der Waals surface area contributed by atoms with Crippen LogP contribution in [0.25, 0.3) is 0 Å². The quantitative estimate of drug-likeness (QED) is 0.671. The van der Waals surface area contributed by atoms with E-state index in [9.17, 15) is 0 Å². The number of aliphatic hydroxyl groups is 1. The summed E-state index contributed by atoms with van der Waals surface area (Å²) in [5.41, 5.74) is 0. The molecule has 0 atom stereocenters. The molecule has 1 aromatic rings. The van der Waals surface area contributed by atoms with Gasteiger partial charge in [0.1, 0.15) is 12.4 Å². The van der Waals surface area contributed by atoms with Crippen molar-refractivity contribution in [3.05, 3.63) is 18.2 Å². The van der Waals surface area contributed by atoms with E-state index in [-0.39, 0.29) is 6.61 Å². The Bertz CT molecular complexity index is 293. The average molecular weight is 164 g/mol. The highest BCUT2D eigenvalue weighted by Gasteiger charge is 1.97. The van der Waals surface area contributed by atoms with Crippen molar-refractivity contribution in [1.29, 1.82) is 0 Å². The van der Waals surface area contributed by atoms with E-state index in [1.165, 1.54) is 0 Å². The lowest BCUT2D eigenvalue weighted by Gasteiger charge is -2.01. The molecule has 3 nitrogen and oxygen atoms in total. The molecule has 0 radical (unpaired) electrons. The fraction of sp³-hybridized carbons (Fsp3) is 0.444. The molecule has 1 heterocycles. The molecule has 0 aliphatic carbocycles. The summed E-state index contributed by atoms with van der Waals surface area (Å²) in [4.78, 5) is 3.98. The highest BCUT2D eigenvalue weighted by atomic mass is 16.3. The first-order valence-electron chi connectivity index (χ1n) is 3.89. The minimum absolute atomic E-state index is 0.00739. The van der Waals surface area contributed by atoms with Gasteiger partial charge >= 0.3 is 0 Å². The molecule has 0 bridgehead atoms. The van der Waals surface area contributed by atoms with Gasteiger partial charge in [0.25, 0.3) is 0 Å². The zero-order valence-corrected chi connectivity index (χ0v) is 7.12. The molecule has 12 heavy (non-hydrogen) atoms. The summed E-state index contributed by atoms with van der Waals surface area (Å²) < 4.78 is 1.91. The molecule has 0 spiro atoms. The van der Waals surface area contributed by atoms with Crippen LogP contribution in [0, 0.1) is 11.8 Å². The number of aliphatic hydroxyl groups excluding tert-OH is 1. The summed E-state index contributed by atoms with van der Waals surface area (Å²) in [6, 6.07) is 0. The number of imidazole rings is 1. The smallest absolute Gasteiger partial charge is 0.134 e. The number of rotatable bonds is 3. The zero-order valence-electron chi connectivity index (χ0n) is 7.12. The van der Waals surface area contributed by atoms with Crippen molar-refractivity contribution < 1.29 is 5.11 Å². The molecule has 0 amide bonds. The summed E-state index contributed by atoms with van der Waals surface area (Å²) in [7, 11) is 0. The van der Waals surface area contributed by atoms with Crippen molar-refractivity contribution in [2.75, 3.05) is 0 Å². The molecule has 0 fully saturated rings. The van der Waals surface area contributed by atoms with Crippen molar-refractivity contribution in [2.45, 2.75) is 26.5 Å². The van der Waals surface area contributed by atoms with Gasteiger partial charge in [-0.3, -0.25) is 0 Å². The average Bonchev–Trinajstić information content (AvgIpc) is 2.52. The second-order valence-corrected chi connectivity index (χ2v) is 2.37. The van der Waals surface area contributed by atoms with E-state index >= 15 is 0 Å². The topological polar surface area (TPSA) is 38.0 Å². The molecule has 0 aromatic carbocycles. The Balaban J connectivity index is 2.54.